The molecule has 9 nitrogen and oxygen atoms in total. The summed E-state index contributed by atoms with van der Waals surface area (Å²) in [5.41, 5.74) is 2.53. The Labute approximate surface area is 229 Å². The summed E-state index contributed by atoms with van der Waals surface area (Å²) < 4.78 is 33.3. The van der Waals surface area contributed by atoms with Gasteiger partial charge in [-0.3, -0.25) is 10.1 Å². The standard InChI is InChI=1S/C21H23N3O6S.K/c1-3-23(4-2)16-7-5-15(6-8-16)13-19-20(14-30-26)22-24(21(19)25)17-9-11-18(12-10-17)31(27,28)29;/h5-13,26H,3-4,14H2,1-2H3,(H,27,28,29);/q;+1/p-1/b19-13-;. The molecule has 0 bridgehead atoms. The van der Waals surface area contributed by atoms with E-state index in [4.69, 9.17) is 5.26 Å². The number of amides is 1. The van der Waals surface area contributed by atoms with Gasteiger partial charge in [-0.05, 0) is 61.9 Å². The minimum absolute atomic E-state index is 0. The fraction of sp³-hybridized carbons (Fsp3) is 0.238. The summed E-state index contributed by atoms with van der Waals surface area (Å²) in [4.78, 5) is 18.9. The summed E-state index contributed by atoms with van der Waals surface area (Å²) in [5.74, 6) is -0.474. The zero-order chi connectivity index (χ0) is 22.6. The Morgan fingerprint density at radius 3 is 2.19 bits per heavy atom. The topological polar surface area (TPSA) is 123 Å². The second-order valence-electron chi connectivity index (χ2n) is 6.71. The number of hydrogen-bond donors (Lipinski definition) is 1. The van der Waals surface area contributed by atoms with Gasteiger partial charge in [-0.2, -0.15) is 10.1 Å². The maximum absolute atomic E-state index is 13.0. The third kappa shape index (κ3) is 6.13. The van der Waals surface area contributed by atoms with Crippen LogP contribution in [-0.4, -0.2) is 49.5 Å². The SMILES string of the molecule is CCN(CC)c1ccc(/C=C2\C(=O)N(c3ccc(S(=O)(=O)[O-])cc3)N=C2COO)cc1.[K+]. The number of nitrogens with zero attached hydrogens (tertiary/aromatic N) is 3. The summed E-state index contributed by atoms with van der Waals surface area (Å²) in [6.07, 6.45) is 1.64. The maximum Gasteiger partial charge on any atom is 1.00 e. The minimum Gasteiger partial charge on any atom is -0.744 e. The van der Waals surface area contributed by atoms with Crippen LogP contribution in [0.3, 0.4) is 0 Å². The van der Waals surface area contributed by atoms with Crippen molar-refractivity contribution in [1.29, 1.82) is 0 Å². The van der Waals surface area contributed by atoms with Crippen molar-refractivity contribution >= 4 is 39.2 Å². The van der Waals surface area contributed by atoms with E-state index in [2.05, 4.69) is 28.7 Å². The van der Waals surface area contributed by atoms with Crippen LogP contribution < -0.4 is 61.3 Å². The van der Waals surface area contributed by atoms with Gasteiger partial charge in [0, 0.05) is 18.8 Å². The van der Waals surface area contributed by atoms with Crippen LogP contribution in [-0.2, 0) is 19.8 Å². The zero-order valence-corrected chi connectivity index (χ0v) is 22.0. The Hall–Kier alpha value is -1.41. The summed E-state index contributed by atoms with van der Waals surface area (Å²) in [6, 6.07) is 12.5. The van der Waals surface area contributed by atoms with Crippen LogP contribution >= 0.6 is 0 Å². The van der Waals surface area contributed by atoms with E-state index in [1.807, 2.05) is 24.3 Å². The van der Waals surface area contributed by atoms with E-state index < -0.39 is 20.9 Å². The second-order valence-corrected chi connectivity index (χ2v) is 8.09. The molecule has 2 aromatic rings. The van der Waals surface area contributed by atoms with Crippen molar-refractivity contribution < 1.29 is 79.3 Å². The normalized spacial score (nSPS) is 15.0. The monoisotopic (exact) mass is 483 g/mol. The fourth-order valence-corrected chi connectivity index (χ4v) is 3.71. The molecule has 0 spiro atoms. The molecule has 0 fully saturated rings. The average molecular weight is 484 g/mol. The molecule has 0 atom stereocenters. The van der Waals surface area contributed by atoms with Crippen molar-refractivity contribution in [3.8, 4) is 0 Å². The Kier molecular flexibility index (Phi) is 9.76. The molecule has 3 rings (SSSR count). The largest absolute Gasteiger partial charge is 1.00 e. The second kappa shape index (κ2) is 11.6. The van der Waals surface area contributed by atoms with Gasteiger partial charge in [-0.15, -0.1) is 0 Å². The molecule has 1 aliphatic rings. The first-order valence-corrected chi connectivity index (χ1v) is 11.0. The van der Waals surface area contributed by atoms with Gasteiger partial charge in [0.05, 0.1) is 16.2 Å². The molecule has 1 N–H and O–H groups in total. The molecule has 0 saturated heterocycles. The number of carbonyl (C=O) groups is 1. The Balaban J connectivity index is 0.00000363. The first kappa shape index (κ1) is 26.8. The molecule has 164 valence electrons. The predicted octanol–water partition coefficient (Wildman–Crippen LogP) is -0.283. The van der Waals surface area contributed by atoms with Gasteiger partial charge in [0.15, 0.2) is 0 Å². The molecule has 2 aromatic carbocycles. The molecule has 1 heterocycles. The minimum atomic E-state index is -4.60. The number of carbonyl (C=O) groups excluding carboxylic acids is 1. The molecule has 0 aliphatic carbocycles. The van der Waals surface area contributed by atoms with Crippen molar-refractivity contribution in [3.63, 3.8) is 0 Å². The van der Waals surface area contributed by atoms with Crippen molar-refractivity contribution in [2.45, 2.75) is 18.7 Å². The van der Waals surface area contributed by atoms with Crippen LogP contribution in [0.25, 0.3) is 6.08 Å². The van der Waals surface area contributed by atoms with Crippen molar-refractivity contribution in [2.75, 3.05) is 29.6 Å². The van der Waals surface area contributed by atoms with E-state index in [-0.39, 0.29) is 75.0 Å². The van der Waals surface area contributed by atoms with Crippen LogP contribution in [0.4, 0.5) is 11.4 Å². The Morgan fingerprint density at radius 2 is 1.69 bits per heavy atom. The van der Waals surface area contributed by atoms with Gasteiger partial charge in [-0.1, -0.05) is 12.1 Å². The van der Waals surface area contributed by atoms with Crippen LogP contribution in [0.5, 0.6) is 0 Å². The molecule has 0 unspecified atom stereocenters. The number of benzene rings is 2. The van der Waals surface area contributed by atoms with Crippen LogP contribution in [0, 0.1) is 0 Å². The number of rotatable bonds is 8. The Morgan fingerprint density at radius 1 is 1.09 bits per heavy atom. The van der Waals surface area contributed by atoms with Gasteiger partial charge >= 0.3 is 51.4 Å². The quantitative estimate of drug-likeness (QED) is 0.180. The first-order valence-electron chi connectivity index (χ1n) is 9.59. The maximum atomic E-state index is 13.0. The predicted molar refractivity (Wildman–Crippen MR) is 116 cm³/mol. The summed E-state index contributed by atoms with van der Waals surface area (Å²) in [7, 11) is -4.60. The summed E-state index contributed by atoms with van der Waals surface area (Å²) >= 11 is 0. The average Bonchev–Trinajstić information content (AvgIpc) is 3.05. The third-order valence-electron chi connectivity index (χ3n) is 4.86. The van der Waals surface area contributed by atoms with E-state index in [1.165, 1.54) is 12.1 Å². The van der Waals surface area contributed by atoms with E-state index in [9.17, 15) is 17.8 Å². The van der Waals surface area contributed by atoms with Crippen molar-refractivity contribution in [2.24, 2.45) is 5.10 Å². The molecule has 11 heteroatoms. The molecular weight excluding hydrogens is 461 g/mol. The van der Waals surface area contributed by atoms with Gasteiger partial charge in [0.2, 0.25) is 0 Å². The van der Waals surface area contributed by atoms with Crippen LogP contribution in [0.2, 0.25) is 0 Å². The third-order valence-corrected chi connectivity index (χ3v) is 5.71. The first-order chi connectivity index (χ1) is 14.8. The van der Waals surface area contributed by atoms with Gasteiger partial charge in [0.1, 0.15) is 22.4 Å². The van der Waals surface area contributed by atoms with E-state index in [1.54, 1.807) is 6.08 Å². The van der Waals surface area contributed by atoms with Crippen molar-refractivity contribution in [1.82, 2.24) is 0 Å². The molecule has 0 radical (unpaired) electrons. The number of hydrogen-bond acceptors (Lipinski definition) is 8. The van der Waals surface area contributed by atoms with Crippen LogP contribution in [0.15, 0.2) is 64.1 Å². The molecular formula is C21H22KN3O6S. The van der Waals surface area contributed by atoms with E-state index in [0.29, 0.717) is 0 Å². The fourth-order valence-electron chi connectivity index (χ4n) is 3.24. The van der Waals surface area contributed by atoms with Crippen molar-refractivity contribution in [3.05, 3.63) is 59.7 Å². The van der Waals surface area contributed by atoms with E-state index >= 15 is 0 Å². The molecule has 0 aromatic heterocycles. The molecule has 32 heavy (non-hydrogen) atoms. The number of hydrazone groups is 1. The van der Waals surface area contributed by atoms with Crippen LogP contribution in [0.1, 0.15) is 19.4 Å². The van der Waals surface area contributed by atoms with Gasteiger partial charge in [0.25, 0.3) is 5.91 Å². The molecule has 1 amide bonds. The number of anilines is 2. The molecule has 1 aliphatic heterocycles. The Bertz CT molecular complexity index is 1110. The van der Waals surface area contributed by atoms with Gasteiger partial charge < -0.3 is 9.45 Å². The summed E-state index contributed by atoms with van der Waals surface area (Å²) in [5, 5.41) is 14.1. The zero-order valence-electron chi connectivity index (χ0n) is 18.1. The smallest absolute Gasteiger partial charge is 0.744 e. The summed E-state index contributed by atoms with van der Waals surface area (Å²) in [6.45, 7) is 5.59. The molecule has 0 saturated carbocycles. The van der Waals surface area contributed by atoms with Gasteiger partial charge in [-0.25, -0.2) is 13.3 Å². The van der Waals surface area contributed by atoms with E-state index in [0.717, 1.165) is 41.5 Å².